The smallest absolute Gasteiger partial charge is 0.266 e. The SMILES string of the molecule is Cn1nc(N2C[C@@H](C(=O)N3CCCC(c4ccc(Cl)cc4)N(S(C)(=O)=O)CC3)[C@H](c3ccc(F)cc3F)C2)ccc1=O. The lowest BCUT2D eigenvalue weighted by molar-refractivity contribution is -0.135. The maximum atomic E-state index is 15.0. The van der Waals surface area contributed by atoms with Crippen LogP contribution in [-0.2, 0) is 21.9 Å². The van der Waals surface area contributed by atoms with Gasteiger partial charge in [-0.25, -0.2) is 21.9 Å². The van der Waals surface area contributed by atoms with Crippen LogP contribution in [0.2, 0.25) is 5.02 Å². The van der Waals surface area contributed by atoms with Crippen molar-refractivity contribution in [2.24, 2.45) is 13.0 Å². The lowest BCUT2D eigenvalue weighted by atomic mass is 9.87. The molecule has 2 aromatic carbocycles. The van der Waals surface area contributed by atoms with Crippen LogP contribution in [0.5, 0.6) is 0 Å². The minimum Gasteiger partial charge on any atom is -0.354 e. The zero-order chi connectivity index (χ0) is 30.2. The second-order valence-electron chi connectivity index (χ2n) is 10.8. The van der Waals surface area contributed by atoms with Gasteiger partial charge in [-0.2, -0.15) is 9.40 Å². The number of hydrogen-bond acceptors (Lipinski definition) is 6. The molecule has 3 aromatic rings. The summed E-state index contributed by atoms with van der Waals surface area (Å²) in [5, 5.41) is 4.86. The first kappa shape index (κ1) is 30.1. The van der Waals surface area contributed by atoms with Crippen LogP contribution in [0.15, 0.2) is 59.4 Å². The van der Waals surface area contributed by atoms with Crippen LogP contribution in [0.1, 0.15) is 35.9 Å². The molecule has 2 aliphatic heterocycles. The minimum absolute atomic E-state index is 0.0895. The first-order chi connectivity index (χ1) is 19.9. The Labute approximate surface area is 248 Å². The van der Waals surface area contributed by atoms with Crippen LogP contribution in [-0.4, -0.2) is 72.3 Å². The number of rotatable bonds is 5. The van der Waals surface area contributed by atoms with E-state index in [1.54, 1.807) is 23.1 Å². The van der Waals surface area contributed by atoms with E-state index in [-0.39, 0.29) is 43.2 Å². The number of carbonyl (C=O) groups is 1. The van der Waals surface area contributed by atoms with Crippen LogP contribution >= 0.6 is 11.6 Å². The number of nitrogens with zero attached hydrogens (tertiary/aromatic N) is 5. The Bertz CT molecular complexity index is 1640. The van der Waals surface area contributed by atoms with Crippen molar-refractivity contribution in [3.8, 4) is 0 Å². The Morgan fingerprint density at radius 3 is 2.40 bits per heavy atom. The molecule has 3 atom stereocenters. The molecule has 0 radical (unpaired) electrons. The van der Waals surface area contributed by atoms with E-state index < -0.39 is 39.5 Å². The van der Waals surface area contributed by atoms with Crippen molar-refractivity contribution in [1.29, 1.82) is 0 Å². The van der Waals surface area contributed by atoms with E-state index in [1.807, 2.05) is 17.0 Å². The van der Waals surface area contributed by atoms with Crippen LogP contribution < -0.4 is 10.5 Å². The predicted octanol–water partition coefficient (Wildman–Crippen LogP) is 3.56. The molecule has 0 saturated carbocycles. The highest BCUT2D eigenvalue weighted by Crippen LogP contribution is 2.38. The van der Waals surface area contributed by atoms with Gasteiger partial charge in [0.05, 0.1) is 12.2 Å². The van der Waals surface area contributed by atoms with Crippen LogP contribution in [0, 0.1) is 17.6 Å². The molecule has 5 rings (SSSR count). The van der Waals surface area contributed by atoms with E-state index in [0.29, 0.717) is 30.2 Å². The summed E-state index contributed by atoms with van der Waals surface area (Å²) in [6.45, 7) is 1.07. The van der Waals surface area contributed by atoms with E-state index in [9.17, 15) is 22.4 Å². The van der Waals surface area contributed by atoms with Gasteiger partial charge in [0, 0.05) is 68.9 Å². The monoisotopic (exact) mass is 619 g/mol. The number of halogens is 3. The van der Waals surface area contributed by atoms with Crippen molar-refractivity contribution in [2.75, 3.05) is 43.9 Å². The quantitative estimate of drug-likeness (QED) is 0.434. The molecule has 42 heavy (non-hydrogen) atoms. The number of aryl methyl sites for hydroxylation is 1. The zero-order valence-electron chi connectivity index (χ0n) is 23.3. The van der Waals surface area contributed by atoms with Gasteiger partial charge in [0.1, 0.15) is 17.5 Å². The molecule has 0 spiro atoms. The van der Waals surface area contributed by atoms with Crippen LogP contribution in [0.25, 0.3) is 0 Å². The molecular weight excluding hydrogens is 588 g/mol. The fraction of sp³-hybridized carbons (Fsp3) is 0.414. The number of aromatic nitrogens is 2. The molecule has 0 N–H and O–H groups in total. The molecule has 2 aliphatic rings. The van der Waals surface area contributed by atoms with Crippen molar-refractivity contribution >= 4 is 33.3 Å². The van der Waals surface area contributed by atoms with Gasteiger partial charge in [0.25, 0.3) is 5.56 Å². The van der Waals surface area contributed by atoms with E-state index in [4.69, 9.17) is 11.6 Å². The highest BCUT2D eigenvalue weighted by molar-refractivity contribution is 7.88. The van der Waals surface area contributed by atoms with Gasteiger partial charge in [-0.1, -0.05) is 29.8 Å². The van der Waals surface area contributed by atoms with Crippen molar-refractivity contribution in [3.05, 3.63) is 92.7 Å². The van der Waals surface area contributed by atoms with E-state index in [1.165, 1.54) is 34.2 Å². The molecule has 0 bridgehead atoms. The second kappa shape index (κ2) is 12.1. The van der Waals surface area contributed by atoms with Crippen LogP contribution in [0.3, 0.4) is 0 Å². The highest BCUT2D eigenvalue weighted by atomic mass is 35.5. The molecule has 13 heteroatoms. The third kappa shape index (κ3) is 6.35. The molecular formula is C29H32ClF2N5O4S. The first-order valence-electron chi connectivity index (χ1n) is 13.7. The van der Waals surface area contributed by atoms with Gasteiger partial charge in [-0.05, 0) is 48.2 Å². The molecule has 1 amide bonds. The predicted molar refractivity (Wildman–Crippen MR) is 156 cm³/mol. The zero-order valence-corrected chi connectivity index (χ0v) is 24.9. The third-order valence-electron chi connectivity index (χ3n) is 8.11. The Morgan fingerprint density at radius 1 is 1.00 bits per heavy atom. The van der Waals surface area contributed by atoms with Crippen LogP contribution in [0.4, 0.5) is 14.6 Å². The molecule has 224 valence electrons. The number of benzene rings is 2. The maximum absolute atomic E-state index is 15.0. The lowest BCUT2D eigenvalue weighted by Gasteiger charge is -2.37. The van der Waals surface area contributed by atoms with Gasteiger partial charge >= 0.3 is 0 Å². The standard InChI is InChI=1S/C29H32ClF2N5O4S/c1-34-28(38)12-11-27(33-34)36-17-23(22-10-9-21(31)16-25(22)32)24(18-36)29(39)35-13-3-4-26(19-5-7-20(30)8-6-19)37(15-14-35)42(2,40)41/h5-12,16,23-24,26H,3-4,13-15,17-18H2,1-2H3/t23-,24+,26?/m0/s1. The number of anilines is 1. The van der Waals surface area contributed by atoms with Gasteiger partial charge in [-0.3, -0.25) is 9.59 Å². The molecule has 9 nitrogen and oxygen atoms in total. The minimum atomic E-state index is -3.62. The Kier molecular flexibility index (Phi) is 8.68. The molecule has 2 fully saturated rings. The normalized spacial score (nSPS) is 22.2. The summed E-state index contributed by atoms with van der Waals surface area (Å²) in [7, 11) is -2.10. The largest absolute Gasteiger partial charge is 0.354 e. The summed E-state index contributed by atoms with van der Waals surface area (Å²) < 4.78 is 57.2. The molecule has 1 unspecified atom stereocenters. The average molecular weight is 620 g/mol. The van der Waals surface area contributed by atoms with E-state index in [0.717, 1.165) is 17.9 Å². The van der Waals surface area contributed by atoms with E-state index >= 15 is 4.39 Å². The van der Waals surface area contributed by atoms with Gasteiger partial charge in [0.2, 0.25) is 15.9 Å². The lowest BCUT2D eigenvalue weighted by Crippen LogP contribution is -2.47. The topological polar surface area (TPSA) is 95.8 Å². The fourth-order valence-electron chi connectivity index (χ4n) is 5.99. The van der Waals surface area contributed by atoms with E-state index in [2.05, 4.69) is 5.10 Å². The second-order valence-corrected chi connectivity index (χ2v) is 13.2. The first-order valence-corrected chi connectivity index (χ1v) is 15.9. The van der Waals surface area contributed by atoms with Crippen molar-refractivity contribution in [3.63, 3.8) is 0 Å². The number of carbonyl (C=O) groups excluding carboxylic acids is 1. The number of sulfonamides is 1. The third-order valence-corrected chi connectivity index (χ3v) is 9.65. The molecule has 0 aliphatic carbocycles. The Morgan fingerprint density at radius 2 is 1.74 bits per heavy atom. The van der Waals surface area contributed by atoms with Crippen molar-refractivity contribution in [2.45, 2.75) is 24.8 Å². The van der Waals surface area contributed by atoms with Crippen molar-refractivity contribution < 1.29 is 22.0 Å². The summed E-state index contributed by atoms with van der Waals surface area (Å²) in [5.74, 6) is -2.56. The molecule has 1 aromatic heterocycles. The maximum Gasteiger partial charge on any atom is 0.266 e. The fourth-order valence-corrected chi connectivity index (χ4v) is 7.22. The average Bonchev–Trinajstić information content (AvgIpc) is 3.35. The summed E-state index contributed by atoms with van der Waals surface area (Å²) in [6, 6.07) is 13.0. The van der Waals surface area contributed by atoms with Gasteiger partial charge < -0.3 is 9.80 Å². The molecule has 3 heterocycles. The number of amides is 1. The Hall–Kier alpha value is -3.35. The summed E-state index contributed by atoms with van der Waals surface area (Å²) in [5.41, 5.74) is 0.752. The van der Waals surface area contributed by atoms with Crippen molar-refractivity contribution in [1.82, 2.24) is 19.0 Å². The summed E-state index contributed by atoms with van der Waals surface area (Å²) in [4.78, 5) is 29.5. The summed E-state index contributed by atoms with van der Waals surface area (Å²) >= 11 is 6.05. The van der Waals surface area contributed by atoms with Gasteiger partial charge in [0.15, 0.2) is 0 Å². The molecule has 2 saturated heterocycles. The summed E-state index contributed by atoms with van der Waals surface area (Å²) in [6.07, 6.45) is 2.19. The van der Waals surface area contributed by atoms with Gasteiger partial charge in [-0.15, -0.1) is 0 Å². The number of hydrogen-bond donors (Lipinski definition) is 0. The highest BCUT2D eigenvalue weighted by Gasteiger charge is 2.43. The Balaban J connectivity index is 1.42.